The van der Waals surface area contributed by atoms with Crippen LogP contribution in [0, 0.1) is 0 Å². The third kappa shape index (κ3) is 5.16. The van der Waals surface area contributed by atoms with Crippen LogP contribution in [0.1, 0.15) is 13.8 Å². The van der Waals surface area contributed by atoms with E-state index in [4.69, 9.17) is 14.6 Å². The van der Waals surface area contributed by atoms with Gasteiger partial charge in [0.05, 0.1) is 0 Å². The van der Waals surface area contributed by atoms with Crippen LogP contribution in [0.25, 0.3) is 0 Å². The smallest absolute Gasteiger partial charge is 0.345 e. The molecule has 12 heavy (non-hydrogen) atoms. The van der Waals surface area contributed by atoms with Gasteiger partial charge < -0.3 is 14.6 Å². The van der Waals surface area contributed by atoms with E-state index in [1.807, 2.05) is 13.8 Å². The number of thioether (sulfide) groups is 1. The molecule has 0 unspecified atom stereocenters. The molecule has 0 spiro atoms. The largest absolute Gasteiger partial charge is 0.394 e. The van der Waals surface area contributed by atoms with Crippen LogP contribution in [0.4, 0.5) is 0 Å². The minimum atomic E-state index is -1.89. The topological polar surface area (TPSA) is 44.5 Å². The van der Waals surface area contributed by atoms with Gasteiger partial charge in [0.2, 0.25) is 0 Å². The summed E-state index contributed by atoms with van der Waals surface area (Å²) in [5, 5.41) is 0.922. The zero-order valence-corrected chi connectivity index (χ0v) is 9.95. The van der Waals surface area contributed by atoms with E-state index in [1.165, 1.54) is 0 Å². The van der Waals surface area contributed by atoms with Crippen molar-refractivity contribution in [3.05, 3.63) is 0 Å². The van der Waals surface area contributed by atoms with E-state index in [0.29, 0.717) is 5.88 Å². The van der Waals surface area contributed by atoms with Crippen LogP contribution >= 0.6 is 11.8 Å². The van der Waals surface area contributed by atoms with Gasteiger partial charge in [0.1, 0.15) is 0 Å². The lowest BCUT2D eigenvalue weighted by Gasteiger charge is -2.25. The lowest BCUT2D eigenvalue weighted by molar-refractivity contribution is 0.195. The zero-order valence-electron chi connectivity index (χ0n) is 8.13. The van der Waals surface area contributed by atoms with Crippen molar-refractivity contribution >= 4 is 20.3 Å². The molecular formula is C7H19NO2SSi. The Morgan fingerprint density at radius 3 is 2.08 bits per heavy atom. The van der Waals surface area contributed by atoms with Crippen LogP contribution in [0.15, 0.2) is 0 Å². The molecule has 0 atom stereocenters. The van der Waals surface area contributed by atoms with Gasteiger partial charge in [-0.3, -0.25) is 0 Å². The van der Waals surface area contributed by atoms with Crippen LogP contribution in [0.3, 0.4) is 0 Å². The van der Waals surface area contributed by atoms with Gasteiger partial charge in [0.15, 0.2) is 0 Å². The fourth-order valence-corrected chi connectivity index (χ4v) is 4.91. The Labute approximate surface area is 80.2 Å². The van der Waals surface area contributed by atoms with Crippen molar-refractivity contribution in [1.82, 2.24) is 0 Å². The summed E-state index contributed by atoms with van der Waals surface area (Å²) >= 11 is 1.68. The third-order valence-electron chi connectivity index (χ3n) is 1.38. The highest BCUT2D eigenvalue weighted by atomic mass is 32.2. The predicted molar refractivity (Wildman–Crippen MR) is 56.4 cm³/mol. The van der Waals surface area contributed by atoms with Crippen molar-refractivity contribution in [2.75, 3.05) is 24.5 Å². The summed E-state index contributed by atoms with van der Waals surface area (Å²) in [4.78, 5) is 0. The molecule has 0 aromatic carbocycles. The van der Waals surface area contributed by atoms with Crippen LogP contribution < -0.4 is 5.73 Å². The van der Waals surface area contributed by atoms with Gasteiger partial charge in [-0.2, -0.15) is 0 Å². The van der Waals surface area contributed by atoms with Crippen molar-refractivity contribution in [2.24, 2.45) is 5.73 Å². The number of rotatable bonds is 7. The molecule has 0 rings (SSSR count). The summed E-state index contributed by atoms with van der Waals surface area (Å²) in [5.41, 5.74) is 5.40. The molecule has 0 saturated heterocycles. The fraction of sp³-hybridized carbons (Fsp3) is 1.00. The Morgan fingerprint density at radius 2 is 1.75 bits per heavy atom. The van der Waals surface area contributed by atoms with Gasteiger partial charge >= 0.3 is 8.56 Å². The molecule has 0 heterocycles. The van der Waals surface area contributed by atoms with Gasteiger partial charge in [-0.15, -0.1) is 11.8 Å². The van der Waals surface area contributed by atoms with Crippen molar-refractivity contribution in [3.63, 3.8) is 0 Å². The molecule has 2 N–H and O–H groups in total. The van der Waals surface area contributed by atoms with E-state index in [1.54, 1.807) is 11.8 Å². The van der Waals surface area contributed by atoms with Crippen LogP contribution in [0.2, 0.25) is 6.55 Å². The Hall–Kier alpha value is 0.447. The molecular weight excluding hydrogens is 190 g/mol. The zero-order chi connectivity index (χ0) is 9.45. The molecule has 0 aliphatic rings. The van der Waals surface area contributed by atoms with Gasteiger partial charge in [-0.1, -0.05) is 0 Å². The summed E-state index contributed by atoms with van der Waals surface area (Å²) in [6.07, 6.45) is 0. The minimum absolute atomic E-state index is 0.642. The molecule has 3 nitrogen and oxygen atoms in total. The molecule has 0 fully saturated rings. The minimum Gasteiger partial charge on any atom is -0.394 e. The van der Waals surface area contributed by atoms with Gasteiger partial charge in [0, 0.05) is 24.5 Å². The second-order valence-corrected chi connectivity index (χ2v) is 7.26. The van der Waals surface area contributed by atoms with E-state index >= 15 is 0 Å². The van der Waals surface area contributed by atoms with Crippen molar-refractivity contribution in [3.8, 4) is 0 Å². The Morgan fingerprint density at radius 1 is 1.25 bits per heavy atom. The van der Waals surface area contributed by atoms with Crippen LogP contribution in [-0.4, -0.2) is 33.0 Å². The van der Waals surface area contributed by atoms with Crippen molar-refractivity contribution in [2.45, 2.75) is 20.4 Å². The Balaban J connectivity index is 3.80. The third-order valence-corrected chi connectivity index (χ3v) is 6.33. The highest BCUT2D eigenvalue weighted by Crippen LogP contribution is 2.13. The first-order valence-electron chi connectivity index (χ1n) is 4.24. The molecule has 0 bridgehead atoms. The van der Waals surface area contributed by atoms with E-state index in [0.717, 1.165) is 18.6 Å². The second-order valence-electron chi connectivity index (χ2n) is 2.51. The highest BCUT2D eigenvalue weighted by molar-refractivity contribution is 8.00. The molecule has 74 valence electrons. The number of hydrogen-bond donors (Lipinski definition) is 1. The predicted octanol–water partition coefficient (Wildman–Crippen LogP) is 1.32. The normalized spacial score (nSPS) is 12.0. The summed E-state index contributed by atoms with van der Waals surface area (Å²) in [6, 6.07) is 0. The molecule has 0 aromatic heterocycles. The molecule has 0 radical (unpaired) electrons. The molecule has 0 aliphatic heterocycles. The van der Waals surface area contributed by atoms with E-state index in [9.17, 15) is 0 Å². The van der Waals surface area contributed by atoms with Gasteiger partial charge in [0.25, 0.3) is 0 Å². The Kier molecular flexibility index (Phi) is 7.17. The first-order valence-corrected chi connectivity index (χ1v) is 7.92. The average Bonchev–Trinajstić information content (AvgIpc) is 2.02. The number of nitrogens with two attached hydrogens (primary N) is 1. The lowest BCUT2D eigenvalue weighted by atomic mass is 10.9. The van der Waals surface area contributed by atoms with Gasteiger partial charge in [-0.05, 0) is 20.4 Å². The molecule has 0 amide bonds. The lowest BCUT2D eigenvalue weighted by Crippen LogP contribution is -2.42. The maximum absolute atomic E-state index is 5.61. The molecule has 0 aliphatic carbocycles. The summed E-state index contributed by atoms with van der Waals surface area (Å²) in [5.74, 6) is 0.642. The maximum atomic E-state index is 5.61. The monoisotopic (exact) mass is 209 g/mol. The average molecular weight is 209 g/mol. The second kappa shape index (κ2) is 6.91. The van der Waals surface area contributed by atoms with Crippen molar-refractivity contribution in [1.29, 1.82) is 0 Å². The van der Waals surface area contributed by atoms with Crippen molar-refractivity contribution < 1.29 is 8.85 Å². The quantitative estimate of drug-likeness (QED) is 0.507. The maximum Gasteiger partial charge on any atom is 0.345 e. The SMILES string of the molecule is CCO[Si](C)(CSCN)OCC. The Bertz CT molecular complexity index is 110. The summed E-state index contributed by atoms with van der Waals surface area (Å²) in [7, 11) is -1.89. The van der Waals surface area contributed by atoms with E-state index < -0.39 is 8.56 Å². The number of hydrogen-bond acceptors (Lipinski definition) is 4. The van der Waals surface area contributed by atoms with Crippen LogP contribution in [-0.2, 0) is 8.85 Å². The first-order chi connectivity index (χ1) is 5.68. The van der Waals surface area contributed by atoms with Gasteiger partial charge in [-0.25, -0.2) is 0 Å². The molecule has 0 aromatic rings. The van der Waals surface area contributed by atoms with Crippen LogP contribution in [0.5, 0.6) is 0 Å². The standard InChI is InChI=1S/C7H19NO2SSi/c1-4-9-12(3,10-5-2)7-11-6-8/h4-8H2,1-3H3. The molecule has 5 heteroatoms. The van der Waals surface area contributed by atoms with E-state index in [-0.39, 0.29) is 0 Å². The highest BCUT2D eigenvalue weighted by Gasteiger charge is 2.30. The summed E-state index contributed by atoms with van der Waals surface area (Å²) in [6.45, 7) is 7.54. The first kappa shape index (κ1) is 12.4. The fourth-order valence-electron chi connectivity index (χ4n) is 0.980. The van der Waals surface area contributed by atoms with E-state index in [2.05, 4.69) is 6.55 Å². The molecule has 0 saturated carbocycles. The summed E-state index contributed by atoms with van der Waals surface area (Å²) < 4.78 is 11.2.